The number of para-hydroxylation sites is 1. The van der Waals surface area contributed by atoms with Crippen LogP contribution in [0.15, 0.2) is 29.4 Å². The summed E-state index contributed by atoms with van der Waals surface area (Å²) in [4.78, 5) is 20.4. The van der Waals surface area contributed by atoms with E-state index in [0.29, 0.717) is 18.1 Å². The molecule has 0 saturated heterocycles. The molecule has 0 aliphatic carbocycles. The number of carbonyl (C=O) groups is 1. The minimum atomic E-state index is -0.0714. The van der Waals surface area contributed by atoms with Crippen LogP contribution in [0.1, 0.15) is 12.1 Å². The third kappa shape index (κ3) is 3.91. The molecule has 1 amide bonds. The van der Waals surface area contributed by atoms with Gasteiger partial charge >= 0.3 is 0 Å². The molecule has 20 heavy (non-hydrogen) atoms. The van der Waals surface area contributed by atoms with Gasteiger partial charge in [0.05, 0.1) is 11.3 Å². The summed E-state index contributed by atoms with van der Waals surface area (Å²) >= 11 is 1.32. The van der Waals surface area contributed by atoms with Crippen LogP contribution in [0.5, 0.6) is 0 Å². The van der Waals surface area contributed by atoms with Gasteiger partial charge in [-0.3, -0.25) is 4.79 Å². The summed E-state index contributed by atoms with van der Waals surface area (Å²) in [5, 5.41) is 13.0. The number of aliphatic hydroxyl groups excluding tert-OH is 1. The summed E-state index contributed by atoms with van der Waals surface area (Å²) in [6, 6.07) is 7.82. The third-order valence-electron chi connectivity index (χ3n) is 2.76. The molecule has 1 aromatic heterocycles. The summed E-state index contributed by atoms with van der Waals surface area (Å²) in [6.45, 7) is 2.52. The molecular formula is C14H17N3O2S. The van der Waals surface area contributed by atoms with Gasteiger partial charge in [0.25, 0.3) is 0 Å². The minimum absolute atomic E-state index is 0.0714. The number of aromatic nitrogens is 2. The molecule has 1 heterocycles. The fraction of sp³-hybridized carbons (Fsp3) is 0.357. The van der Waals surface area contributed by atoms with E-state index in [1.165, 1.54) is 11.8 Å². The first-order valence-electron chi connectivity index (χ1n) is 6.44. The Morgan fingerprint density at radius 3 is 2.95 bits per heavy atom. The molecule has 0 aliphatic rings. The van der Waals surface area contributed by atoms with Crippen molar-refractivity contribution in [3.05, 3.63) is 30.0 Å². The van der Waals surface area contributed by atoms with Crippen molar-refractivity contribution in [1.29, 1.82) is 0 Å². The number of aryl methyl sites for hydroxylation is 1. The van der Waals surface area contributed by atoms with Crippen LogP contribution in [0.25, 0.3) is 10.9 Å². The molecule has 0 spiro atoms. The quantitative estimate of drug-likeness (QED) is 0.479. The van der Waals surface area contributed by atoms with Crippen molar-refractivity contribution in [2.24, 2.45) is 0 Å². The van der Waals surface area contributed by atoms with Gasteiger partial charge in [0.15, 0.2) is 5.16 Å². The second kappa shape index (κ2) is 7.21. The lowest BCUT2D eigenvalue weighted by molar-refractivity contribution is -0.118. The molecular weight excluding hydrogens is 274 g/mol. The molecule has 2 N–H and O–H groups in total. The van der Waals surface area contributed by atoms with Crippen molar-refractivity contribution in [2.75, 3.05) is 18.9 Å². The number of aliphatic hydroxyl groups is 1. The number of nitrogens with one attached hydrogen (secondary N) is 1. The monoisotopic (exact) mass is 291 g/mol. The average Bonchev–Trinajstić information content (AvgIpc) is 2.45. The van der Waals surface area contributed by atoms with Gasteiger partial charge in [-0.05, 0) is 19.4 Å². The Kier molecular flexibility index (Phi) is 5.31. The Morgan fingerprint density at radius 2 is 2.15 bits per heavy atom. The summed E-state index contributed by atoms with van der Waals surface area (Å²) in [5.74, 6) is 0.210. The maximum absolute atomic E-state index is 11.6. The summed E-state index contributed by atoms with van der Waals surface area (Å²) in [5.41, 5.74) is 1.81. The van der Waals surface area contributed by atoms with Crippen molar-refractivity contribution in [1.82, 2.24) is 15.3 Å². The van der Waals surface area contributed by atoms with Crippen molar-refractivity contribution >= 4 is 28.6 Å². The van der Waals surface area contributed by atoms with Crippen molar-refractivity contribution in [3.63, 3.8) is 0 Å². The highest BCUT2D eigenvalue weighted by molar-refractivity contribution is 7.99. The number of amides is 1. The van der Waals surface area contributed by atoms with Crippen LogP contribution in [-0.2, 0) is 4.79 Å². The predicted octanol–water partition coefficient (Wildman–Crippen LogP) is 1.53. The molecule has 0 unspecified atom stereocenters. The van der Waals surface area contributed by atoms with Crippen LogP contribution >= 0.6 is 11.8 Å². The lowest BCUT2D eigenvalue weighted by Crippen LogP contribution is -2.26. The lowest BCUT2D eigenvalue weighted by atomic mass is 10.2. The zero-order valence-corrected chi connectivity index (χ0v) is 12.1. The number of benzene rings is 1. The molecule has 0 atom stereocenters. The zero-order valence-electron chi connectivity index (χ0n) is 11.3. The van der Waals surface area contributed by atoms with Gasteiger partial charge in [-0.2, -0.15) is 0 Å². The Bertz CT molecular complexity index is 604. The highest BCUT2D eigenvalue weighted by Gasteiger charge is 2.07. The highest BCUT2D eigenvalue weighted by atomic mass is 32.2. The summed E-state index contributed by atoms with van der Waals surface area (Å²) < 4.78 is 0. The molecule has 1 aromatic carbocycles. The lowest BCUT2D eigenvalue weighted by Gasteiger charge is -2.06. The molecule has 106 valence electrons. The number of nitrogens with zero attached hydrogens (tertiary/aromatic N) is 2. The molecule has 0 fully saturated rings. The second-order valence-electron chi connectivity index (χ2n) is 4.32. The first-order valence-corrected chi connectivity index (χ1v) is 7.43. The first kappa shape index (κ1) is 14.7. The van der Waals surface area contributed by atoms with Crippen molar-refractivity contribution < 1.29 is 9.90 Å². The number of fused-ring (bicyclic) bond motifs is 1. The van der Waals surface area contributed by atoms with Gasteiger partial charge < -0.3 is 10.4 Å². The molecule has 0 bridgehead atoms. The maximum atomic E-state index is 11.6. The van der Waals surface area contributed by atoms with E-state index >= 15 is 0 Å². The average molecular weight is 291 g/mol. The Balaban J connectivity index is 1.98. The summed E-state index contributed by atoms with van der Waals surface area (Å²) in [6.07, 6.45) is 0.571. The van der Waals surface area contributed by atoms with Crippen molar-refractivity contribution in [2.45, 2.75) is 18.5 Å². The number of hydrogen-bond donors (Lipinski definition) is 2. The van der Waals surface area contributed by atoms with E-state index in [2.05, 4.69) is 15.3 Å². The molecule has 2 rings (SSSR count). The SMILES string of the molecule is Cc1nc(SCC(=O)NCCCO)nc2ccccc12. The van der Waals surface area contributed by atoms with Crippen LogP contribution in [0, 0.1) is 6.92 Å². The van der Waals surface area contributed by atoms with Gasteiger partial charge in [0.2, 0.25) is 5.91 Å². The maximum Gasteiger partial charge on any atom is 0.230 e. The van der Waals surface area contributed by atoms with Gasteiger partial charge in [-0.1, -0.05) is 30.0 Å². The van der Waals surface area contributed by atoms with Gasteiger partial charge in [-0.15, -0.1) is 0 Å². The van der Waals surface area contributed by atoms with Gasteiger partial charge in [0, 0.05) is 24.2 Å². The van der Waals surface area contributed by atoms with Crippen LogP contribution in [0.3, 0.4) is 0 Å². The van der Waals surface area contributed by atoms with Gasteiger partial charge in [0.1, 0.15) is 0 Å². The van der Waals surface area contributed by atoms with E-state index < -0.39 is 0 Å². The van der Waals surface area contributed by atoms with Crippen LogP contribution < -0.4 is 5.32 Å². The highest BCUT2D eigenvalue weighted by Crippen LogP contribution is 2.19. The number of thioether (sulfide) groups is 1. The topological polar surface area (TPSA) is 75.1 Å². The van der Waals surface area contributed by atoms with E-state index in [0.717, 1.165) is 16.6 Å². The third-order valence-corrected chi connectivity index (χ3v) is 3.61. The number of hydrogen-bond acceptors (Lipinski definition) is 5. The minimum Gasteiger partial charge on any atom is -0.396 e. The molecule has 5 nitrogen and oxygen atoms in total. The molecule has 0 aliphatic heterocycles. The van der Waals surface area contributed by atoms with E-state index in [1.807, 2.05) is 31.2 Å². The molecule has 6 heteroatoms. The Labute approximate surface area is 121 Å². The number of rotatable bonds is 6. The molecule has 2 aromatic rings. The van der Waals surface area contributed by atoms with Crippen molar-refractivity contribution in [3.8, 4) is 0 Å². The van der Waals surface area contributed by atoms with E-state index in [-0.39, 0.29) is 18.3 Å². The smallest absolute Gasteiger partial charge is 0.230 e. The standard InChI is InChI=1S/C14H17N3O2S/c1-10-11-5-2-3-6-12(11)17-14(16-10)20-9-13(19)15-7-4-8-18/h2-3,5-6,18H,4,7-9H2,1H3,(H,15,19). The van der Waals surface area contributed by atoms with E-state index in [4.69, 9.17) is 5.11 Å². The predicted molar refractivity (Wildman–Crippen MR) is 79.7 cm³/mol. The van der Waals surface area contributed by atoms with Gasteiger partial charge in [-0.25, -0.2) is 9.97 Å². The van der Waals surface area contributed by atoms with Crippen LogP contribution in [-0.4, -0.2) is 39.9 Å². The van der Waals surface area contributed by atoms with E-state index in [1.54, 1.807) is 0 Å². The molecule has 0 radical (unpaired) electrons. The number of carbonyl (C=O) groups excluding carboxylic acids is 1. The normalized spacial score (nSPS) is 10.7. The second-order valence-corrected chi connectivity index (χ2v) is 5.27. The fourth-order valence-electron chi connectivity index (χ4n) is 1.76. The summed E-state index contributed by atoms with van der Waals surface area (Å²) in [7, 11) is 0. The first-order chi connectivity index (χ1) is 9.70. The van der Waals surface area contributed by atoms with Crippen LogP contribution in [0.2, 0.25) is 0 Å². The van der Waals surface area contributed by atoms with Crippen LogP contribution in [0.4, 0.5) is 0 Å². The molecule has 0 saturated carbocycles. The Morgan fingerprint density at radius 1 is 1.35 bits per heavy atom. The van der Waals surface area contributed by atoms with E-state index in [9.17, 15) is 4.79 Å². The zero-order chi connectivity index (χ0) is 14.4. The Hall–Kier alpha value is -1.66. The largest absolute Gasteiger partial charge is 0.396 e. The fourth-order valence-corrected chi connectivity index (χ4v) is 2.49.